The second-order valence-electron chi connectivity index (χ2n) is 3.15. The Balaban J connectivity index is 2.73. The first-order chi connectivity index (χ1) is 6.70. The molecule has 2 nitrogen and oxygen atoms in total. The quantitative estimate of drug-likeness (QED) is 0.670. The molecule has 0 atom stereocenters. The van der Waals surface area contributed by atoms with Crippen LogP contribution in [-0.2, 0) is 0 Å². The molecule has 0 amide bonds. The highest BCUT2D eigenvalue weighted by atomic mass is 35.5. The molecule has 3 heteroatoms. The van der Waals surface area contributed by atoms with E-state index in [1.165, 1.54) is 0 Å². The maximum atomic E-state index is 5.80. The lowest BCUT2D eigenvalue weighted by molar-refractivity contribution is 0.412. The van der Waals surface area contributed by atoms with Gasteiger partial charge in [-0.1, -0.05) is 11.6 Å². The zero-order valence-electron chi connectivity index (χ0n) is 8.04. The van der Waals surface area contributed by atoms with E-state index >= 15 is 0 Å². The summed E-state index contributed by atoms with van der Waals surface area (Å²) in [6.07, 6.45) is 0. The molecule has 2 rings (SSSR count). The molecular formula is C11H10ClNO. The Morgan fingerprint density at radius 3 is 2.79 bits per heavy atom. The summed E-state index contributed by atoms with van der Waals surface area (Å²) < 4.78 is 5.21. The third-order valence-corrected chi connectivity index (χ3v) is 2.38. The van der Waals surface area contributed by atoms with Crippen molar-refractivity contribution in [3.8, 4) is 5.75 Å². The van der Waals surface area contributed by atoms with Crippen molar-refractivity contribution >= 4 is 22.5 Å². The van der Waals surface area contributed by atoms with Gasteiger partial charge >= 0.3 is 0 Å². The summed E-state index contributed by atoms with van der Waals surface area (Å²) in [5.74, 6) is 0.840. The summed E-state index contributed by atoms with van der Waals surface area (Å²) in [6, 6.07) is 7.68. The number of methoxy groups -OCH3 is 1. The number of hydrogen-bond donors (Lipinski definition) is 0. The fourth-order valence-electron chi connectivity index (χ4n) is 1.46. The van der Waals surface area contributed by atoms with Gasteiger partial charge < -0.3 is 4.74 Å². The molecule has 1 aromatic heterocycles. The Labute approximate surface area is 87.5 Å². The van der Waals surface area contributed by atoms with Crippen molar-refractivity contribution < 1.29 is 4.74 Å². The minimum atomic E-state index is 0.503. The standard InChI is InChI=1S/C11H10ClNO/c1-7-5-8-3-4-11(12)13-9(8)6-10(7)14-2/h3-6H,1-2H3. The minimum absolute atomic E-state index is 0.503. The Hall–Kier alpha value is -1.28. The number of fused-ring (bicyclic) bond motifs is 1. The van der Waals surface area contributed by atoms with E-state index in [2.05, 4.69) is 4.98 Å². The summed E-state index contributed by atoms with van der Waals surface area (Å²) in [4.78, 5) is 4.21. The Bertz CT molecular complexity index is 482. The molecule has 0 aliphatic carbocycles. The van der Waals surface area contributed by atoms with E-state index in [1.54, 1.807) is 13.2 Å². The van der Waals surface area contributed by atoms with Gasteiger partial charge in [-0.15, -0.1) is 0 Å². The topological polar surface area (TPSA) is 22.1 Å². The predicted octanol–water partition coefficient (Wildman–Crippen LogP) is 3.21. The number of pyridine rings is 1. The highest BCUT2D eigenvalue weighted by molar-refractivity contribution is 6.29. The normalized spacial score (nSPS) is 10.5. The molecular weight excluding hydrogens is 198 g/mol. The van der Waals surface area contributed by atoms with E-state index in [0.717, 1.165) is 22.2 Å². The molecule has 2 aromatic rings. The fraction of sp³-hybridized carbons (Fsp3) is 0.182. The molecule has 0 saturated carbocycles. The molecule has 0 spiro atoms. The summed E-state index contributed by atoms with van der Waals surface area (Å²) in [7, 11) is 1.65. The monoisotopic (exact) mass is 207 g/mol. The summed E-state index contributed by atoms with van der Waals surface area (Å²) in [6.45, 7) is 2.01. The van der Waals surface area contributed by atoms with Gasteiger partial charge in [0.15, 0.2) is 0 Å². The smallest absolute Gasteiger partial charge is 0.129 e. The zero-order chi connectivity index (χ0) is 10.1. The first-order valence-electron chi connectivity index (χ1n) is 4.31. The van der Waals surface area contributed by atoms with Crippen molar-refractivity contribution in [2.24, 2.45) is 0 Å². The highest BCUT2D eigenvalue weighted by Crippen LogP contribution is 2.24. The zero-order valence-corrected chi connectivity index (χ0v) is 8.80. The lowest BCUT2D eigenvalue weighted by atomic mass is 10.1. The van der Waals surface area contributed by atoms with Crippen molar-refractivity contribution in [1.82, 2.24) is 4.98 Å². The molecule has 1 heterocycles. The lowest BCUT2D eigenvalue weighted by Gasteiger charge is -2.06. The van der Waals surface area contributed by atoms with Gasteiger partial charge in [0.05, 0.1) is 12.6 Å². The number of rotatable bonds is 1. The van der Waals surface area contributed by atoms with Gasteiger partial charge in [-0.2, -0.15) is 0 Å². The van der Waals surface area contributed by atoms with Gasteiger partial charge in [-0.3, -0.25) is 0 Å². The van der Waals surface area contributed by atoms with Gasteiger partial charge in [-0.05, 0) is 30.7 Å². The first kappa shape index (κ1) is 9.28. The van der Waals surface area contributed by atoms with Crippen LogP contribution < -0.4 is 4.74 Å². The molecule has 0 N–H and O–H groups in total. The van der Waals surface area contributed by atoms with Gasteiger partial charge in [-0.25, -0.2) is 4.98 Å². The van der Waals surface area contributed by atoms with Crippen molar-refractivity contribution in [1.29, 1.82) is 0 Å². The van der Waals surface area contributed by atoms with Crippen LogP contribution in [0.1, 0.15) is 5.56 Å². The molecule has 0 fully saturated rings. The molecule has 0 aliphatic heterocycles. The average Bonchev–Trinajstić information content (AvgIpc) is 2.17. The van der Waals surface area contributed by atoms with E-state index in [0.29, 0.717) is 5.15 Å². The van der Waals surface area contributed by atoms with E-state index < -0.39 is 0 Å². The first-order valence-corrected chi connectivity index (χ1v) is 4.69. The second kappa shape index (κ2) is 3.46. The molecule has 14 heavy (non-hydrogen) atoms. The van der Waals surface area contributed by atoms with Crippen LogP contribution in [0.25, 0.3) is 10.9 Å². The lowest BCUT2D eigenvalue weighted by Crippen LogP contribution is -1.88. The Morgan fingerprint density at radius 1 is 1.29 bits per heavy atom. The number of nitrogens with zero attached hydrogens (tertiary/aromatic N) is 1. The SMILES string of the molecule is COc1cc2nc(Cl)ccc2cc1C. The van der Waals surface area contributed by atoms with Crippen LogP contribution in [0, 0.1) is 6.92 Å². The fourth-order valence-corrected chi connectivity index (χ4v) is 1.61. The van der Waals surface area contributed by atoms with Crippen molar-refractivity contribution in [3.63, 3.8) is 0 Å². The van der Waals surface area contributed by atoms with Crippen molar-refractivity contribution in [3.05, 3.63) is 35.0 Å². The van der Waals surface area contributed by atoms with Crippen LogP contribution in [-0.4, -0.2) is 12.1 Å². The number of benzene rings is 1. The van der Waals surface area contributed by atoms with Gasteiger partial charge in [0.1, 0.15) is 10.9 Å². The Morgan fingerprint density at radius 2 is 2.07 bits per heavy atom. The molecule has 0 bridgehead atoms. The number of ether oxygens (including phenoxy) is 1. The van der Waals surface area contributed by atoms with E-state index in [4.69, 9.17) is 16.3 Å². The number of aromatic nitrogens is 1. The second-order valence-corrected chi connectivity index (χ2v) is 3.54. The maximum Gasteiger partial charge on any atom is 0.129 e. The van der Waals surface area contributed by atoms with E-state index in [9.17, 15) is 0 Å². The summed E-state index contributed by atoms with van der Waals surface area (Å²) in [5, 5.41) is 1.58. The van der Waals surface area contributed by atoms with Crippen LogP contribution in [0.4, 0.5) is 0 Å². The molecule has 1 aromatic carbocycles. The molecule has 0 radical (unpaired) electrons. The van der Waals surface area contributed by atoms with E-state index in [-0.39, 0.29) is 0 Å². The van der Waals surface area contributed by atoms with Crippen molar-refractivity contribution in [2.45, 2.75) is 6.92 Å². The number of halogens is 1. The number of hydrogen-bond acceptors (Lipinski definition) is 2. The van der Waals surface area contributed by atoms with Gasteiger partial charge in [0.2, 0.25) is 0 Å². The van der Waals surface area contributed by atoms with Crippen LogP contribution >= 0.6 is 11.6 Å². The van der Waals surface area contributed by atoms with Crippen LogP contribution in [0.15, 0.2) is 24.3 Å². The van der Waals surface area contributed by atoms with Crippen molar-refractivity contribution in [2.75, 3.05) is 7.11 Å². The molecule has 0 aliphatic rings. The van der Waals surface area contributed by atoms with Crippen LogP contribution in [0.2, 0.25) is 5.15 Å². The van der Waals surface area contributed by atoms with Crippen LogP contribution in [0.5, 0.6) is 5.75 Å². The third kappa shape index (κ3) is 1.53. The predicted molar refractivity (Wildman–Crippen MR) is 58.0 cm³/mol. The largest absolute Gasteiger partial charge is 0.496 e. The molecule has 0 unspecified atom stereocenters. The summed E-state index contributed by atoms with van der Waals surface area (Å²) >= 11 is 5.80. The summed E-state index contributed by atoms with van der Waals surface area (Å²) in [5.41, 5.74) is 1.96. The molecule has 72 valence electrons. The van der Waals surface area contributed by atoms with Crippen LogP contribution in [0.3, 0.4) is 0 Å². The minimum Gasteiger partial charge on any atom is -0.496 e. The van der Waals surface area contributed by atoms with E-state index in [1.807, 2.05) is 25.1 Å². The highest BCUT2D eigenvalue weighted by Gasteiger charge is 2.02. The van der Waals surface area contributed by atoms with Gasteiger partial charge in [0, 0.05) is 11.5 Å². The Kier molecular flexibility index (Phi) is 2.30. The van der Waals surface area contributed by atoms with Gasteiger partial charge in [0.25, 0.3) is 0 Å². The third-order valence-electron chi connectivity index (χ3n) is 2.17. The maximum absolute atomic E-state index is 5.80. The average molecular weight is 208 g/mol. The number of aryl methyl sites for hydroxylation is 1. The molecule has 0 saturated heterocycles.